The van der Waals surface area contributed by atoms with Crippen LogP contribution in [0.1, 0.15) is 16.1 Å². The standard InChI is InChI=1S/C11H10N2O4S/c1-16-11(15)7-4-10(18-6-7)12-9(14)5-8-2-3-17-13-8/h2-4,6H,5H2,1H3,(H,12,14). The Hall–Kier alpha value is -2.15. The number of carbonyl (C=O) groups excluding carboxylic acids is 2. The van der Waals surface area contributed by atoms with E-state index in [4.69, 9.17) is 0 Å². The summed E-state index contributed by atoms with van der Waals surface area (Å²) in [5, 5.41) is 8.52. The zero-order valence-corrected chi connectivity index (χ0v) is 10.3. The lowest BCUT2D eigenvalue weighted by Gasteiger charge is -1.99. The second kappa shape index (κ2) is 5.46. The number of thiophene rings is 1. The molecule has 0 atom stereocenters. The summed E-state index contributed by atoms with van der Waals surface area (Å²) < 4.78 is 9.20. The first kappa shape index (κ1) is 12.3. The fourth-order valence-electron chi connectivity index (χ4n) is 1.30. The van der Waals surface area contributed by atoms with Crippen LogP contribution in [0.2, 0.25) is 0 Å². The minimum absolute atomic E-state index is 0.127. The van der Waals surface area contributed by atoms with E-state index in [1.807, 2.05) is 0 Å². The molecule has 2 heterocycles. The van der Waals surface area contributed by atoms with Gasteiger partial charge in [0.25, 0.3) is 0 Å². The largest absolute Gasteiger partial charge is 0.465 e. The summed E-state index contributed by atoms with van der Waals surface area (Å²) in [5.41, 5.74) is 0.969. The van der Waals surface area contributed by atoms with Crippen LogP contribution < -0.4 is 5.32 Å². The van der Waals surface area contributed by atoms with Gasteiger partial charge in [-0.2, -0.15) is 0 Å². The molecule has 0 aliphatic heterocycles. The molecule has 6 nitrogen and oxygen atoms in total. The van der Waals surface area contributed by atoms with Gasteiger partial charge in [0, 0.05) is 11.4 Å². The van der Waals surface area contributed by atoms with E-state index in [-0.39, 0.29) is 12.3 Å². The quantitative estimate of drug-likeness (QED) is 0.852. The topological polar surface area (TPSA) is 81.4 Å². The molecule has 7 heteroatoms. The Balaban J connectivity index is 1.95. The molecule has 0 spiro atoms. The third-order valence-corrected chi connectivity index (χ3v) is 2.96. The number of nitrogens with zero attached hydrogens (tertiary/aromatic N) is 1. The first-order valence-corrected chi connectivity index (χ1v) is 5.93. The zero-order valence-electron chi connectivity index (χ0n) is 9.50. The summed E-state index contributed by atoms with van der Waals surface area (Å²) in [6, 6.07) is 3.19. The molecule has 2 aromatic rings. The van der Waals surface area contributed by atoms with Gasteiger partial charge in [-0.25, -0.2) is 4.79 Å². The molecular formula is C11H10N2O4S. The van der Waals surface area contributed by atoms with Crippen molar-refractivity contribution in [3.8, 4) is 0 Å². The lowest BCUT2D eigenvalue weighted by atomic mass is 10.3. The molecule has 0 unspecified atom stereocenters. The molecule has 0 aliphatic rings. The molecule has 94 valence electrons. The van der Waals surface area contributed by atoms with Crippen molar-refractivity contribution in [2.75, 3.05) is 12.4 Å². The van der Waals surface area contributed by atoms with Gasteiger partial charge in [0.05, 0.1) is 29.8 Å². The Morgan fingerprint density at radius 2 is 2.39 bits per heavy atom. The minimum Gasteiger partial charge on any atom is -0.465 e. The maximum absolute atomic E-state index is 11.6. The van der Waals surface area contributed by atoms with Crippen molar-refractivity contribution >= 4 is 28.2 Å². The number of hydrogen-bond acceptors (Lipinski definition) is 6. The Kier molecular flexibility index (Phi) is 3.73. The number of rotatable bonds is 4. The number of anilines is 1. The van der Waals surface area contributed by atoms with Crippen molar-refractivity contribution in [2.24, 2.45) is 0 Å². The molecule has 0 aliphatic carbocycles. The number of amides is 1. The van der Waals surface area contributed by atoms with Gasteiger partial charge < -0.3 is 14.6 Å². The molecule has 0 aromatic carbocycles. The van der Waals surface area contributed by atoms with Crippen LogP contribution in [0.15, 0.2) is 28.3 Å². The van der Waals surface area contributed by atoms with Gasteiger partial charge in [0.2, 0.25) is 5.91 Å². The normalized spacial score (nSPS) is 10.1. The highest BCUT2D eigenvalue weighted by Gasteiger charge is 2.11. The minimum atomic E-state index is -0.428. The third-order valence-electron chi connectivity index (χ3n) is 2.12. The van der Waals surface area contributed by atoms with Crippen LogP contribution in [0, 0.1) is 0 Å². The predicted octanol–water partition coefficient (Wildman–Crippen LogP) is 1.70. The van der Waals surface area contributed by atoms with E-state index in [9.17, 15) is 9.59 Å². The fourth-order valence-corrected chi connectivity index (χ4v) is 2.09. The molecule has 18 heavy (non-hydrogen) atoms. The Bertz CT molecular complexity index is 547. The van der Waals surface area contributed by atoms with Gasteiger partial charge in [0.15, 0.2) is 0 Å². The molecule has 0 saturated carbocycles. The predicted molar refractivity (Wildman–Crippen MR) is 64.5 cm³/mol. The third kappa shape index (κ3) is 2.95. The fraction of sp³-hybridized carbons (Fsp3) is 0.182. The number of methoxy groups -OCH3 is 1. The van der Waals surface area contributed by atoms with Crippen LogP contribution in [0.3, 0.4) is 0 Å². The van der Waals surface area contributed by atoms with Gasteiger partial charge in [-0.1, -0.05) is 5.16 Å². The summed E-state index contributed by atoms with van der Waals surface area (Å²) in [7, 11) is 1.31. The monoisotopic (exact) mass is 266 g/mol. The van der Waals surface area contributed by atoms with E-state index < -0.39 is 5.97 Å². The van der Waals surface area contributed by atoms with Crippen LogP contribution in [-0.2, 0) is 16.0 Å². The SMILES string of the molecule is COC(=O)c1csc(NC(=O)Cc2ccon2)c1. The summed E-state index contributed by atoms with van der Waals surface area (Å²) in [4.78, 5) is 22.8. The molecule has 2 rings (SSSR count). The molecule has 2 aromatic heterocycles. The van der Waals surface area contributed by atoms with Crippen molar-refractivity contribution in [1.29, 1.82) is 0 Å². The van der Waals surface area contributed by atoms with Crippen molar-refractivity contribution in [3.05, 3.63) is 35.0 Å². The number of esters is 1. The van der Waals surface area contributed by atoms with Crippen molar-refractivity contribution in [3.63, 3.8) is 0 Å². The van der Waals surface area contributed by atoms with Crippen LogP contribution in [0.4, 0.5) is 5.00 Å². The Morgan fingerprint density at radius 1 is 1.56 bits per heavy atom. The Morgan fingerprint density at radius 3 is 3.06 bits per heavy atom. The summed E-state index contributed by atoms with van der Waals surface area (Å²) in [6.07, 6.45) is 1.53. The number of nitrogens with one attached hydrogen (secondary N) is 1. The van der Waals surface area contributed by atoms with Crippen molar-refractivity contribution in [1.82, 2.24) is 5.16 Å². The average molecular weight is 266 g/mol. The van der Waals surface area contributed by atoms with Gasteiger partial charge >= 0.3 is 5.97 Å². The number of carbonyl (C=O) groups is 2. The van der Waals surface area contributed by atoms with E-state index in [0.29, 0.717) is 16.3 Å². The smallest absolute Gasteiger partial charge is 0.338 e. The molecular weight excluding hydrogens is 256 g/mol. The van der Waals surface area contributed by atoms with Crippen LogP contribution in [-0.4, -0.2) is 24.1 Å². The zero-order chi connectivity index (χ0) is 13.0. The van der Waals surface area contributed by atoms with Gasteiger partial charge in [0.1, 0.15) is 6.26 Å². The number of aromatic nitrogens is 1. The summed E-state index contributed by atoms with van der Waals surface area (Å²) >= 11 is 1.26. The van der Waals surface area contributed by atoms with Gasteiger partial charge in [-0.15, -0.1) is 11.3 Å². The molecule has 0 bridgehead atoms. The number of hydrogen-bond donors (Lipinski definition) is 1. The van der Waals surface area contributed by atoms with Crippen molar-refractivity contribution < 1.29 is 18.8 Å². The molecule has 1 amide bonds. The van der Waals surface area contributed by atoms with E-state index in [1.165, 1.54) is 24.7 Å². The molecule has 0 radical (unpaired) electrons. The lowest BCUT2D eigenvalue weighted by molar-refractivity contribution is -0.115. The highest BCUT2D eigenvalue weighted by atomic mass is 32.1. The van der Waals surface area contributed by atoms with Crippen LogP contribution >= 0.6 is 11.3 Å². The maximum Gasteiger partial charge on any atom is 0.338 e. The van der Waals surface area contributed by atoms with Gasteiger partial charge in [-0.05, 0) is 6.07 Å². The number of ether oxygens (including phenoxy) is 1. The van der Waals surface area contributed by atoms with Crippen molar-refractivity contribution in [2.45, 2.75) is 6.42 Å². The average Bonchev–Trinajstić information content (AvgIpc) is 2.99. The lowest BCUT2D eigenvalue weighted by Crippen LogP contribution is -2.13. The molecule has 1 N–H and O–H groups in total. The van der Waals surface area contributed by atoms with E-state index in [1.54, 1.807) is 17.5 Å². The van der Waals surface area contributed by atoms with Gasteiger partial charge in [-0.3, -0.25) is 4.79 Å². The summed E-state index contributed by atoms with van der Waals surface area (Å²) in [5.74, 6) is -0.648. The highest BCUT2D eigenvalue weighted by molar-refractivity contribution is 7.14. The first-order valence-electron chi connectivity index (χ1n) is 5.05. The van der Waals surface area contributed by atoms with Crippen LogP contribution in [0.25, 0.3) is 0 Å². The van der Waals surface area contributed by atoms with E-state index >= 15 is 0 Å². The second-order valence-electron chi connectivity index (χ2n) is 3.41. The molecule has 0 saturated heterocycles. The summed E-state index contributed by atoms with van der Waals surface area (Å²) in [6.45, 7) is 0. The van der Waals surface area contributed by atoms with E-state index in [2.05, 4.69) is 19.7 Å². The highest BCUT2D eigenvalue weighted by Crippen LogP contribution is 2.21. The maximum atomic E-state index is 11.6. The Labute approximate surface area is 107 Å². The first-order chi connectivity index (χ1) is 8.69. The van der Waals surface area contributed by atoms with E-state index in [0.717, 1.165) is 0 Å². The molecule has 0 fully saturated rings. The van der Waals surface area contributed by atoms with Crippen LogP contribution in [0.5, 0.6) is 0 Å². The second-order valence-corrected chi connectivity index (χ2v) is 4.32.